The van der Waals surface area contributed by atoms with E-state index in [9.17, 15) is 0 Å². The average Bonchev–Trinajstić information content (AvgIpc) is 1.84. The molecule has 0 aliphatic heterocycles. The highest BCUT2D eigenvalue weighted by atomic mass is 16.7. The lowest BCUT2D eigenvalue weighted by Crippen LogP contribution is -2.23. The summed E-state index contributed by atoms with van der Waals surface area (Å²) in [6, 6.07) is 0. The van der Waals surface area contributed by atoms with Crippen molar-refractivity contribution in [2.45, 2.75) is 0 Å². The van der Waals surface area contributed by atoms with Crippen LogP contribution in [0, 0.1) is 0 Å². The minimum Gasteiger partial charge on any atom is -0.374 e. The minimum absolute atomic E-state index is 0.743. The second-order valence-electron chi connectivity index (χ2n) is 1.38. The molecule has 0 aliphatic rings. The molecule has 0 saturated heterocycles. The van der Waals surface area contributed by atoms with Gasteiger partial charge in [-0.1, -0.05) is 6.58 Å². The molecule has 48 valence electrons. The van der Waals surface area contributed by atoms with Crippen molar-refractivity contribution in [2.24, 2.45) is 0 Å². The first-order valence-corrected chi connectivity index (χ1v) is 2.37. The zero-order chi connectivity index (χ0) is 6.57. The first kappa shape index (κ1) is 7.30. The van der Waals surface area contributed by atoms with Gasteiger partial charge in [-0.2, -0.15) is 0 Å². The van der Waals surface area contributed by atoms with E-state index in [-0.39, 0.29) is 0 Å². The van der Waals surface area contributed by atoms with E-state index in [0.717, 1.165) is 5.82 Å². The smallest absolute Gasteiger partial charge is 0.118 e. The quantitative estimate of drug-likeness (QED) is 0.532. The third-order valence-electron chi connectivity index (χ3n) is 0.943. The van der Waals surface area contributed by atoms with Crippen LogP contribution in [-0.4, -0.2) is 26.3 Å². The van der Waals surface area contributed by atoms with Gasteiger partial charge in [0.25, 0.3) is 0 Å². The van der Waals surface area contributed by atoms with Crippen LogP contribution in [0.3, 0.4) is 0 Å². The van der Waals surface area contributed by atoms with Crippen molar-refractivity contribution in [3.8, 4) is 0 Å². The summed E-state index contributed by atoms with van der Waals surface area (Å²) in [7, 11) is 5.15. The molecule has 8 heavy (non-hydrogen) atoms. The first-order valence-electron chi connectivity index (χ1n) is 2.37. The Labute approximate surface area is 49.9 Å². The number of hydrogen-bond donors (Lipinski definition) is 1. The largest absolute Gasteiger partial charge is 0.374 e. The van der Waals surface area contributed by atoms with Crippen LogP contribution in [-0.2, 0) is 4.84 Å². The van der Waals surface area contributed by atoms with Gasteiger partial charge in [0, 0.05) is 14.1 Å². The molecule has 0 rings (SSSR count). The molecule has 0 aliphatic carbocycles. The summed E-state index contributed by atoms with van der Waals surface area (Å²) >= 11 is 0. The Kier molecular flexibility index (Phi) is 3.03. The zero-order valence-corrected chi connectivity index (χ0v) is 5.56. The van der Waals surface area contributed by atoms with Gasteiger partial charge in [-0.15, -0.1) is 0 Å². The monoisotopic (exact) mass is 116 g/mol. The fourth-order valence-electron chi connectivity index (χ4n) is 0.268. The maximum absolute atomic E-state index is 4.77. The van der Waals surface area contributed by atoms with Gasteiger partial charge < -0.3 is 5.32 Å². The lowest BCUT2D eigenvalue weighted by Gasteiger charge is -2.16. The number of nitrogens with zero attached hydrogens (tertiary/aromatic N) is 1. The van der Waals surface area contributed by atoms with Crippen molar-refractivity contribution in [1.82, 2.24) is 10.4 Å². The molecule has 0 amide bonds. The van der Waals surface area contributed by atoms with Crippen molar-refractivity contribution in [1.29, 1.82) is 0 Å². The van der Waals surface area contributed by atoms with Crippen molar-refractivity contribution in [2.75, 3.05) is 21.2 Å². The van der Waals surface area contributed by atoms with Gasteiger partial charge in [-0.25, -0.2) is 5.06 Å². The molecule has 0 aromatic heterocycles. The summed E-state index contributed by atoms with van der Waals surface area (Å²) in [6.45, 7) is 3.63. The second kappa shape index (κ2) is 3.32. The summed E-state index contributed by atoms with van der Waals surface area (Å²) in [5.41, 5.74) is 0. The molecule has 0 unspecified atom stereocenters. The van der Waals surface area contributed by atoms with Crippen LogP contribution in [0.25, 0.3) is 0 Å². The molecule has 3 heteroatoms. The lowest BCUT2D eigenvalue weighted by atomic mass is 10.8. The minimum atomic E-state index is 0.743. The summed E-state index contributed by atoms with van der Waals surface area (Å²) < 4.78 is 0. The van der Waals surface area contributed by atoms with E-state index in [2.05, 4.69) is 11.9 Å². The fraction of sp³-hybridized carbons (Fsp3) is 0.600. The average molecular weight is 116 g/mol. The van der Waals surface area contributed by atoms with Crippen LogP contribution < -0.4 is 5.32 Å². The second-order valence-corrected chi connectivity index (χ2v) is 1.38. The molecule has 1 N–H and O–H groups in total. The Morgan fingerprint density at radius 2 is 2.25 bits per heavy atom. The number of hydrogen-bond acceptors (Lipinski definition) is 3. The number of rotatable bonds is 3. The van der Waals surface area contributed by atoms with Crippen molar-refractivity contribution >= 4 is 0 Å². The molecule has 0 spiro atoms. The van der Waals surface area contributed by atoms with Crippen LogP contribution in [0.4, 0.5) is 0 Å². The first-order chi connectivity index (χ1) is 3.72. The van der Waals surface area contributed by atoms with Gasteiger partial charge in [-0.3, -0.25) is 4.84 Å². The molecular formula is C5H12N2O. The van der Waals surface area contributed by atoms with Gasteiger partial charge >= 0.3 is 0 Å². The van der Waals surface area contributed by atoms with E-state index in [4.69, 9.17) is 4.84 Å². The van der Waals surface area contributed by atoms with Crippen LogP contribution in [0.1, 0.15) is 0 Å². The van der Waals surface area contributed by atoms with Crippen LogP contribution in [0.5, 0.6) is 0 Å². The van der Waals surface area contributed by atoms with Crippen molar-refractivity contribution < 1.29 is 4.84 Å². The Morgan fingerprint density at radius 1 is 1.75 bits per heavy atom. The standard InChI is InChI=1S/C5H12N2O/c1-5(6-2)7(3)8-4/h6H,1H2,2-4H3. The van der Waals surface area contributed by atoms with Crippen LogP contribution in [0.2, 0.25) is 0 Å². The van der Waals surface area contributed by atoms with Gasteiger partial charge in [0.1, 0.15) is 5.82 Å². The third kappa shape index (κ3) is 1.84. The topological polar surface area (TPSA) is 24.5 Å². The SMILES string of the molecule is C=C(NC)N(C)OC. The molecule has 3 nitrogen and oxygen atoms in total. The maximum Gasteiger partial charge on any atom is 0.118 e. The van der Waals surface area contributed by atoms with E-state index in [1.165, 1.54) is 0 Å². The molecule has 0 aromatic carbocycles. The molecule has 0 bridgehead atoms. The number of nitrogens with one attached hydrogen (secondary N) is 1. The molecular weight excluding hydrogens is 104 g/mol. The van der Waals surface area contributed by atoms with Crippen molar-refractivity contribution in [3.63, 3.8) is 0 Å². The van der Waals surface area contributed by atoms with E-state index >= 15 is 0 Å². The molecule has 0 heterocycles. The maximum atomic E-state index is 4.77. The van der Waals surface area contributed by atoms with Gasteiger partial charge in [0.15, 0.2) is 0 Å². The molecule has 0 aromatic rings. The Morgan fingerprint density at radius 3 is 2.38 bits per heavy atom. The number of hydroxylamine groups is 2. The summed E-state index contributed by atoms with van der Waals surface area (Å²) in [5, 5.41) is 4.36. The Hall–Kier alpha value is -0.700. The highest BCUT2D eigenvalue weighted by Crippen LogP contribution is 1.88. The summed E-state index contributed by atoms with van der Waals surface area (Å²) in [4.78, 5) is 4.77. The zero-order valence-electron chi connectivity index (χ0n) is 5.56. The Balaban J connectivity index is 3.46. The third-order valence-corrected chi connectivity index (χ3v) is 0.943. The van der Waals surface area contributed by atoms with E-state index in [0.29, 0.717) is 0 Å². The van der Waals surface area contributed by atoms with E-state index in [1.54, 1.807) is 26.3 Å². The predicted octanol–water partition coefficient (Wildman–Crippen LogP) is 0.170. The molecule has 0 atom stereocenters. The van der Waals surface area contributed by atoms with E-state index in [1.807, 2.05) is 0 Å². The normalized spacial score (nSPS) is 8.38. The lowest BCUT2D eigenvalue weighted by molar-refractivity contribution is -0.0816. The molecule has 0 saturated carbocycles. The summed E-state index contributed by atoms with van der Waals surface area (Å²) in [5.74, 6) is 0.743. The van der Waals surface area contributed by atoms with Gasteiger partial charge in [0.2, 0.25) is 0 Å². The van der Waals surface area contributed by atoms with Crippen molar-refractivity contribution in [3.05, 3.63) is 12.4 Å². The molecule has 0 fully saturated rings. The van der Waals surface area contributed by atoms with E-state index < -0.39 is 0 Å². The van der Waals surface area contributed by atoms with Crippen LogP contribution >= 0.6 is 0 Å². The Bertz CT molecular complexity index is 82.5. The summed E-state index contributed by atoms with van der Waals surface area (Å²) in [6.07, 6.45) is 0. The fourth-order valence-corrected chi connectivity index (χ4v) is 0.268. The predicted molar refractivity (Wildman–Crippen MR) is 33.0 cm³/mol. The van der Waals surface area contributed by atoms with Crippen LogP contribution in [0.15, 0.2) is 12.4 Å². The highest BCUT2D eigenvalue weighted by Gasteiger charge is 1.92. The molecule has 0 radical (unpaired) electrons. The van der Waals surface area contributed by atoms with Gasteiger partial charge in [-0.05, 0) is 0 Å². The van der Waals surface area contributed by atoms with Gasteiger partial charge in [0.05, 0.1) is 7.11 Å². The highest BCUT2D eigenvalue weighted by molar-refractivity contribution is 4.82.